The van der Waals surface area contributed by atoms with Crippen molar-refractivity contribution in [2.45, 2.75) is 38.8 Å². The first-order chi connectivity index (χ1) is 22.8. The third kappa shape index (κ3) is 8.54. The molecule has 0 saturated heterocycles. The van der Waals surface area contributed by atoms with Gasteiger partial charge in [0.25, 0.3) is 5.89 Å². The zero-order valence-corrected chi connectivity index (χ0v) is 26.0. The third-order valence-corrected chi connectivity index (χ3v) is 6.71. The van der Waals surface area contributed by atoms with Gasteiger partial charge in [-0.05, 0) is 80.9 Å². The quantitative estimate of drug-likeness (QED) is 0.132. The highest BCUT2D eigenvalue weighted by molar-refractivity contribution is 5.91. The van der Waals surface area contributed by atoms with Gasteiger partial charge in [-0.2, -0.15) is 4.98 Å². The molecule has 0 bridgehead atoms. The SMILES string of the molecule is CC(C)(C)OC(=O)Nc1ccc(-c2nc(-c3ccc(CC(NC(=O)Nc4ccc(-c5ccccc5F)cn4)C(=O)O)cc3F)no2)cc1. The van der Waals surface area contributed by atoms with Gasteiger partial charge in [0, 0.05) is 35.0 Å². The Labute approximate surface area is 273 Å². The van der Waals surface area contributed by atoms with Crippen molar-refractivity contribution in [2.24, 2.45) is 0 Å². The van der Waals surface area contributed by atoms with E-state index in [1.807, 2.05) is 0 Å². The number of hydrogen-bond acceptors (Lipinski definition) is 8. The van der Waals surface area contributed by atoms with Gasteiger partial charge in [0.1, 0.15) is 29.1 Å². The number of nitrogens with one attached hydrogen (secondary N) is 3. The summed E-state index contributed by atoms with van der Waals surface area (Å²) < 4.78 is 39.8. The van der Waals surface area contributed by atoms with Gasteiger partial charge in [-0.25, -0.2) is 28.1 Å². The van der Waals surface area contributed by atoms with Crippen LogP contribution in [0.15, 0.2) is 89.6 Å². The second kappa shape index (κ2) is 14.1. The predicted molar refractivity (Wildman–Crippen MR) is 172 cm³/mol. The van der Waals surface area contributed by atoms with Crippen LogP contribution in [0.3, 0.4) is 0 Å². The van der Waals surface area contributed by atoms with Crippen LogP contribution >= 0.6 is 0 Å². The number of aromatic nitrogens is 3. The Morgan fingerprint density at radius 1 is 0.896 bits per heavy atom. The molecule has 4 N–H and O–H groups in total. The Hall–Kier alpha value is -6.18. The van der Waals surface area contributed by atoms with Crippen molar-refractivity contribution in [2.75, 3.05) is 10.6 Å². The second-order valence-corrected chi connectivity index (χ2v) is 11.5. The number of carbonyl (C=O) groups is 3. The highest BCUT2D eigenvalue weighted by Crippen LogP contribution is 2.27. The van der Waals surface area contributed by atoms with Gasteiger partial charge in [-0.3, -0.25) is 10.6 Å². The van der Waals surface area contributed by atoms with Crippen LogP contribution in [0.5, 0.6) is 0 Å². The van der Waals surface area contributed by atoms with Crippen LogP contribution in [0.1, 0.15) is 26.3 Å². The molecule has 0 fully saturated rings. The minimum atomic E-state index is -1.41. The van der Waals surface area contributed by atoms with E-state index in [2.05, 4.69) is 31.1 Å². The molecule has 3 aromatic carbocycles. The van der Waals surface area contributed by atoms with Crippen LogP contribution in [0.2, 0.25) is 0 Å². The molecular weight excluding hydrogens is 626 g/mol. The van der Waals surface area contributed by atoms with Gasteiger partial charge in [-0.1, -0.05) is 29.4 Å². The second-order valence-electron chi connectivity index (χ2n) is 11.5. The average Bonchev–Trinajstić information content (AvgIpc) is 3.51. The molecule has 1 atom stereocenters. The number of rotatable bonds is 9. The first kappa shape index (κ1) is 33.2. The molecule has 3 amide bonds. The van der Waals surface area contributed by atoms with E-state index in [1.165, 1.54) is 30.5 Å². The summed E-state index contributed by atoms with van der Waals surface area (Å²) in [6.07, 6.45) is 0.535. The summed E-state index contributed by atoms with van der Waals surface area (Å²) in [6, 6.07) is 17.4. The van der Waals surface area contributed by atoms with Crippen LogP contribution in [0.25, 0.3) is 34.0 Å². The van der Waals surface area contributed by atoms with Crippen LogP contribution in [-0.2, 0) is 16.0 Å². The van der Waals surface area contributed by atoms with Crippen molar-refractivity contribution in [3.63, 3.8) is 0 Å². The number of urea groups is 1. The van der Waals surface area contributed by atoms with E-state index in [-0.39, 0.29) is 35.1 Å². The predicted octanol–water partition coefficient (Wildman–Crippen LogP) is 6.91. The molecule has 5 aromatic rings. The number of amides is 3. The number of ether oxygens (including phenoxy) is 1. The van der Waals surface area contributed by atoms with Gasteiger partial charge in [-0.15, -0.1) is 0 Å². The van der Waals surface area contributed by atoms with E-state index >= 15 is 4.39 Å². The lowest BCUT2D eigenvalue weighted by atomic mass is 10.0. The molecule has 246 valence electrons. The number of carboxylic acids is 1. The number of halogens is 2. The maximum Gasteiger partial charge on any atom is 0.412 e. The minimum Gasteiger partial charge on any atom is -0.480 e. The summed E-state index contributed by atoms with van der Waals surface area (Å²) in [6.45, 7) is 5.26. The highest BCUT2D eigenvalue weighted by atomic mass is 19.1. The van der Waals surface area contributed by atoms with Crippen molar-refractivity contribution in [1.82, 2.24) is 20.4 Å². The van der Waals surface area contributed by atoms with E-state index < -0.39 is 41.4 Å². The standard InChI is InChI=1S/C34H30F2N6O6/c1-34(2,3)47-33(46)38-22-12-9-20(10-13-22)30-41-29(42-48-30)24-14-8-19(16-26(24)36)17-27(31(43)44)39-32(45)40-28-15-11-21(18-37-28)23-6-4-5-7-25(23)35/h4-16,18,27H,17H2,1-3H3,(H,38,46)(H,43,44)(H2,37,39,40,45). The van der Waals surface area contributed by atoms with E-state index in [4.69, 9.17) is 9.26 Å². The number of benzene rings is 3. The Bertz CT molecular complexity index is 1940. The minimum absolute atomic E-state index is 0.0134. The maximum absolute atomic E-state index is 15.2. The Morgan fingerprint density at radius 2 is 1.62 bits per heavy atom. The van der Waals surface area contributed by atoms with E-state index in [1.54, 1.807) is 69.3 Å². The summed E-state index contributed by atoms with van der Waals surface area (Å²) in [4.78, 5) is 44.8. The molecule has 2 aromatic heterocycles. The summed E-state index contributed by atoms with van der Waals surface area (Å²) in [7, 11) is 0. The fourth-order valence-electron chi connectivity index (χ4n) is 4.50. The van der Waals surface area contributed by atoms with Crippen molar-refractivity contribution < 1.29 is 37.5 Å². The summed E-state index contributed by atoms with van der Waals surface area (Å²) in [5, 5.41) is 21.0. The first-order valence-electron chi connectivity index (χ1n) is 14.6. The lowest BCUT2D eigenvalue weighted by Crippen LogP contribution is -2.44. The van der Waals surface area contributed by atoms with E-state index in [0.717, 1.165) is 6.07 Å². The molecule has 2 heterocycles. The van der Waals surface area contributed by atoms with Crippen LogP contribution < -0.4 is 16.0 Å². The topological polar surface area (TPSA) is 169 Å². The van der Waals surface area contributed by atoms with Gasteiger partial charge in [0.05, 0.1) is 5.56 Å². The van der Waals surface area contributed by atoms with E-state index in [0.29, 0.717) is 22.4 Å². The van der Waals surface area contributed by atoms with Gasteiger partial charge in [0.15, 0.2) is 0 Å². The lowest BCUT2D eigenvalue weighted by Gasteiger charge is -2.19. The number of nitrogens with zero attached hydrogens (tertiary/aromatic N) is 3. The summed E-state index contributed by atoms with van der Waals surface area (Å²) >= 11 is 0. The number of carboxylic acid groups (broad SMARTS) is 1. The van der Waals surface area contributed by atoms with Crippen molar-refractivity contribution in [1.29, 1.82) is 0 Å². The Kier molecular flexibility index (Phi) is 9.73. The highest BCUT2D eigenvalue weighted by Gasteiger charge is 2.23. The fourth-order valence-corrected chi connectivity index (χ4v) is 4.50. The first-order valence-corrected chi connectivity index (χ1v) is 14.6. The molecule has 0 aliphatic heterocycles. The van der Waals surface area contributed by atoms with Crippen molar-refractivity contribution >= 4 is 29.6 Å². The van der Waals surface area contributed by atoms with Crippen molar-refractivity contribution in [3.05, 3.63) is 102 Å². The molecule has 12 nitrogen and oxygen atoms in total. The smallest absolute Gasteiger partial charge is 0.412 e. The number of carbonyl (C=O) groups excluding carboxylic acids is 2. The maximum atomic E-state index is 15.2. The molecule has 48 heavy (non-hydrogen) atoms. The molecule has 0 aliphatic rings. The van der Waals surface area contributed by atoms with Crippen LogP contribution in [0.4, 0.5) is 29.9 Å². The summed E-state index contributed by atoms with van der Waals surface area (Å²) in [5.74, 6) is -2.32. The van der Waals surface area contributed by atoms with Gasteiger partial charge in [0.2, 0.25) is 5.82 Å². The number of anilines is 2. The number of pyridine rings is 1. The Morgan fingerprint density at radius 3 is 2.27 bits per heavy atom. The largest absolute Gasteiger partial charge is 0.480 e. The monoisotopic (exact) mass is 656 g/mol. The van der Waals surface area contributed by atoms with Gasteiger partial charge >= 0.3 is 18.1 Å². The number of aliphatic carboxylic acids is 1. The molecule has 14 heteroatoms. The molecular formula is C34H30F2N6O6. The third-order valence-electron chi connectivity index (χ3n) is 6.71. The molecule has 0 aliphatic carbocycles. The molecule has 0 saturated carbocycles. The normalized spacial score (nSPS) is 11.8. The zero-order chi connectivity index (χ0) is 34.4. The van der Waals surface area contributed by atoms with E-state index in [9.17, 15) is 23.9 Å². The van der Waals surface area contributed by atoms with Crippen LogP contribution in [0, 0.1) is 11.6 Å². The lowest BCUT2D eigenvalue weighted by molar-refractivity contribution is -0.139. The molecule has 1 unspecified atom stereocenters. The molecule has 0 spiro atoms. The number of hydrogen-bond donors (Lipinski definition) is 4. The molecule has 5 rings (SSSR count). The average molecular weight is 657 g/mol. The zero-order valence-electron chi connectivity index (χ0n) is 26.0. The van der Waals surface area contributed by atoms with Gasteiger partial charge < -0.3 is 19.7 Å². The fraction of sp³-hybridized carbons (Fsp3) is 0.176. The Balaban J connectivity index is 1.20. The van der Waals surface area contributed by atoms with Crippen LogP contribution in [-0.4, -0.2) is 50.0 Å². The molecule has 0 radical (unpaired) electrons. The summed E-state index contributed by atoms with van der Waals surface area (Å²) in [5.41, 5.74) is 1.48. The van der Waals surface area contributed by atoms with Crippen molar-refractivity contribution in [3.8, 4) is 34.0 Å².